The summed E-state index contributed by atoms with van der Waals surface area (Å²) in [5, 5.41) is 9.20. The molecule has 6 heteroatoms. The first-order chi connectivity index (χ1) is 8.01. The van der Waals surface area contributed by atoms with Gasteiger partial charge in [0.2, 0.25) is 0 Å². The molecule has 1 atom stereocenters. The van der Waals surface area contributed by atoms with Gasteiger partial charge in [-0.1, -0.05) is 11.6 Å². The first-order valence-corrected chi connectivity index (χ1v) is 5.28. The zero-order chi connectivity index (χ0) is 13.0. The fourth-order valence-corrected chi connectivity index (χ4v) is 1.79. The Morgan fingerprint density at radius 1 is 1.65 bits per heavy atom. The lowest BCUT2D eigenvalue weighted by Gasteiger charge is -2.14. The van der Waals surface area contributed by atoms with Gasteiger partial charge in [-0.05, 0) is 12.1 Å². The van der Waals surface area contributed by atoms with E-state index in [-0.39, 0.29) is 29.3 Å². The van der Waals surface area contributed by atoms with Crippen LogP contribution in [0.5, 0.6) is 0 Å². The number of methoxy groups -OCH3 is 1. The van der Waals surface area contributed by atoms with E-state index in [9.17, 15) is 9.18 Å². The number of rotatable bonds is 5. The van der Waals surface area contributed by atoms with E-state index in [4.69, 9.17) is 27.2 Å². The lowest BCUT2D eigenvalue weighted by Crippen LogP contribution is -2.22. The average Bonchev–Trinajstić information content (AvgIpc) is 2.25. The van der Waals surface area contributed by atoms with Crippen LogP contribution in [0.4, 0.5) is 4.39 Å². The Kier molecular flexibility index (Phi) is 4.86. The molecule has 1 unspecified atom stereocenters. The van der Waals surface area contributed by atoms with Crippen molar-refractivity contribution in [3.8, 4) is 0 Å². The molecule has 4 nitrogen and oxygen atoms in total. The van der Waals surface area contributed by atoms with Gasteiger partial charge in [-0.2, -0.15) is 0 Å². The molecule has 0 aromatic heterocycles. The second kappa shape index (κ2) is 5.95. The van der Waals surface area contributed by atoms with Gasteiger partial charge in [0.1, 0.15) is 5.82 Å². The molecule has 0 fully saturated rings. The second-order valence-corrected chi connectivity index (χ2v) is 3.96. The van der Waals surface area contributed by atoms with Gasteiger partial charge in [0, 0.05) is 29.8 Å². The fraction of sp³-hybridized carbons (Fsp3) is 0.364. The molecule has 0 heterocycles. The van der Waals surface area contributed by atoms with Gasteiger partial charge >= 0.3 is 5.97 Å². The zero-order valence-electron chi connectivity index (χ0n) is 9.24. The highest BCUT2D eigenvalue weighted by molar-refractivity contribution is 6.30. The third-order valence-corrected chi connectivity index (χ3v) is 2.57. The van der Waals surface area contributed by atoms with Crippen LogP contribution in [0, 0.1) is 5.82 Å². The van der Waals surface area contributed by atoms with E-state index in [0.717, 1.165) is 0 Å². The number of aliphatic carboxylic acids is 1. The van der Waals surface area contributed by atoms with E-state index in [1.54, 1.807) is 0 Å². The molecule has 0 aliphatic heterocycles. The molecule has 1 rings (SSSR count). The molecule has 17 heavy (non-hydrogen) atoms. The Morgan fingerprint density at radius 3 is 2.76 bits per heavy atom. The molecule has 0 radical (unpaired) electrons. The second-order valence-electron chi connectivity index (χ2n) is 3.53. The number of carboxylic acid groups (broad SMARTS) is 1. The summed E-state index contributed by atoms with van der Waals surface area (Å²) in [7, 11) is 1.41. The number of hydrogen-bond donors (Lipinski definition) is 2. The Hall–Kier alpha value is -1.17. The van der Waals surface area contributed by atoms with Crippen molar-refractivity contribution in [2.24, 2.45) is 5.73 Å². The fourth-order valence-electron chi connectivity index (χ4n) is 1.54. The smallest absolute Gasteiger partial charge is 0.312 e. The van der Waals surface area contributed by atoms with E-state index < -0.39 is 17.7 Å². The minimum absolute atomic E-state index is 0.0143. The number of benzene rings is 1. The van der Waals surface area contributed by atoms with E-state index in [0.29, 0.717) is 0 Å². The highest BCUT2D eigenvalue weighted by atomic mass is 35.5. The van der Waals surface area contributed by atoms with E-state index in [2.05, 4.69) is 0 Å². The maximum Gasteiger partial charge on any atom is 0.312 e. The minimum Gasteiger partial charge on any atom is -0.481 e. The Morgan fingerprint density at radius 2 is 2.29 bits per heavy atom. The van der Waals surface area contributed by atoms with Crippen molar-refractivity contribution in [2.75, 3.05) is 13.7 Å². The summed E-state index contributed by atoms with van der Waals surface area (Å²) in [5.41, 5.74) is 5.53. The van der Waals surface area contributed by atoms with Crippen LogP contribution in [0.1, 0.15) is 17.0 Å². The van der Waals surface area contributed by atoms with Gasteiger partial charge in [0.15, 0.2) is 0 Å². The summed E-state index contributed by atoms with van der Waals surface area (Å²) in [5.74, 6) is -2.92. The Balaban J connectivity index is 3.27. The standard InChI is InChI=1S/C11H13ClFNO3/c1-17-5-6-2-7(12)3-8(10(6)13)9(4-14)11(15)16/h2-3,9H,4-5,14H2,1H3,(H,15,16). The first kappa shape index (κ1) is 13.9. The molecule has 94 valence electrons. The van der Waals surface area contributed by atoms with E-state index >= 15 is 0 Å². The van der Waals surface area contributed by atoms with Crippen LogP contribution < -0.4 is 5.73 Å². The molecule has 0 amide bonds. The molecule has 0 aliphatic carbocycles. The van der Waals surface area contributed by atoms with Crippen LogP contribution >= 0.6 is 11.6 Å². The third kappa shape index (κ3) is 3.15. The van der Waals surface area contributed by atoms with Crippen LogP contribution in [0.15, 0.2) is 12.1 Å². The number of carbonyl (C=O) groups is 1. The summed E-state index contributed by atoms with van der Waals surface area (Å²) >= 11 is 5.81. The summed E-state index contributed by atoms with van der Waals surface area (Å²) in [4.78, 5) is 10.9. The molecule has 1 aromatic carbocycles. The van der Waals surface area contributed by atoms with Crippen molar-refractivity contribution < 1.29 is 19.0 Å². The van der Waals surface area contributed by atoms with E-state index in [1.807, 2.05) is 0 Å². The topological polar surface area (TPSA) is 72.5 Å². The number of nitrogens with two attached hydrogens (primary N) is 1. The predicted octanol–water partition coefficient (Wildman–Crippen LogP) is 1.75. The number of hydrogen-bond acceptors (Lipinski definition) is 3. The molecule has 0 saturated carbocycles. The highest BCUT2D eigenvalue weighted by Crippen LogP contribution is 2.26. The maximum atomic E-state index is 14.0. The molecular weight excluding hydrogens is 249 g/mol. The largest absolute Gasteiger partial charge is 0.481 e. The maximum absolute atomic E-state index is 14.0. The van der Waals surface area contributed by atoms with Crippen LogP contribution in [0.25, 0.3) is 0 Å². The number of halogens is 2. The summed E-state index contributed by atoms with van der Waals surface area (Å²) in [6.45, 7) is -0.171. The Bertz CT molecular complexity index is 425. The summed E-state index contributed by atoms with van der Waals surface area (Å²) < 4.78 is 18.8. The van der Waals surface area contributed by atoms with Crippen LogP contribution in [-0.2, 0) is 16.1 Å². The van der Waals surface area contributed by atoms with Crippen molar-refractivity contribution in [2.45, 2.75) is 12.5 Å². The molecule has 0 saturated heterocycles. The van der Waals surface area contributed by atoms with Crippen molar-refractivity contribution in [3.63, 3.8) is 0 Å². The van der Waals surface area contributed by atoms with Gasteiger partial charge in [0.05, 0.1) is 12.5 Å². The lowest BCUT2D eigenvalue weighted by atomic mass is 9.96. The van der Waals surface area contributed by atoms with Crippen molar-refractivity contribution in [1.82, 2.24) is 0 Å². The third-order valence-electron chi connectivity index (χ3n) is 2.35. The van der Waals surface area contributed by atoms with Crippen molar-refractivity contribution in [1.29, 1.82) is 0 Å². The van der Waals surface area contributed by atoms with Crippen molar-refractivity contribution >= 4 is 17.6 Å². The average molecular weight is 262 g/mol. The van der Waals surface area contributed by atoms with Gasteiger partial charge in [0.25, 0.3) is 0 Å². The van der Waals surface area contributed by atoms with Crippen LogP contribution in [0.2, 0.25) is 5.02 Å². The Labute approximate surface area is 103 Å². The monoisotopic (exact) mass is 261 g/mol. The molecule has 0 spiro atoms. The molecule has 0 bridgehead atoms. The van der Waals surface area contributed by atoms with Gasteiger partial charge in [-0.15, -0.1) is 0 Å². The predicted molar refractivity (Wildman–Crippen MR) is 61.6 cm³/mol. The van der Waals surface area contributed by atoms with Gasteiger partial charge in [-0.3, -0.25) is 4.79 Å². The summed E-state index contributed by atoms with van der Waals surface area (Å²) in [6.07, 6.45) is 0. The van der Waals surface area contributed by atoms with Crippen LogP contribution in [-0.4, -0.2) is 24.7 Å². The molecule has 0 aliphatic rings. The molecular formula is C11H13ClFNO3. The van der Waals surface area contributed by atoms with Crippen LogP contribution in [0.3, 0.4) is 0 Å². The number of ether oxygens (including phenoxy) is 1. The normalized spacial score (nSPS) is 12.5. The van der Waals surface area contributed by atoms with Gasteiger partial charge in [-0.25, -0.2) is 4.39 Å². The number of carboxylic acids is 1. The molecule has 3 N–H and O–H groups in total. The summed E-state index contributed by atoms with van der Waals surface area (Å²) in [6, 6.07) is 2.68. The lowest BCUT2D eigenvalue weighted by molar-refractivity contribution is -0.138. The SMILES string of the molecule is COCc1cc(Cl)cc(C(CN)C(=O)O)c1F. The zero-order valence-corrected chi connectivity index (χ0v) is 10.00. The van der Waals surface area contributed by atoms with Gasteiger partial charge < -0.3 is 15.6 Å². The van der Waals surface area contributed by atoms with Crippen molar-refractivity contribution in [3.05, 3.63) is 34.1 Å². The molecule has 1 aromatic rings. The minimum atomic E-state index is -1.18. The quantitative estimate of drug-likeness (QED) is 0.847. The highest BCUT2D eigenvalue weighted by Gasteiger charge is 2.23. The first-order valence-electron chi connectivity index (χ1n) is 4.90. The van der Waals surface area contributed by atoms with E-state index in [1.165, 1.54) is 19.2 Å².